The van der Waals surface area contributed by atoms with E-state index >= 15 is 0 Å². The normalized spacial score (nSPS) is 10.8. The molecule has 0 aliphatic heterocycles. The summed E-state index contributed by atoms with van der Waals surface area (Å²) in [5.74, 6) is 2.19. The Balaban J connectivity index is 1.86. The van der Waals surface area contributed by atoms with Crippen LogP contribution in [0.3, 0.4) is 0 Å². The fourth-order valence-corrected chi connectivity index (χ4v) is 3.00. The van der Waals surface area contributed by atoms with Crippen molar-refractivity contribution in [3.8, 4) is 34.1 Å². The van der Waals surface area contributed by atoms with Gasteiger partial charge in [0.1, 0.15) is 5.82 Å². The van der Waals surface area contributed by atoms with Gasteiger partial charge in [0, 0.05) is 5.56 Å². The van der Waals surface area contributed by atoms with Crippen LogP contribution in [0.2, 0.25) is 0 Å². The zero-order valence-corrected chi connectivity index (χ0v) is 16.9. The summed E-state index contributed by atoms with van der Waals surface area (Å²) in [7, 11) is 6.32. The van der Waals surface area contributed by atoms with Gasteiger partial charge in [0.2, 0.25) is 0 Å². The maximum atomic E-state index is 14.7. The Kier molecular flexibility index (Phi) is 6.39. The zero-order chi connectivity index (χ0) is 20.8. The Bertz CT molecular complexity index is 1030. The number of ether oxygens (including phenoxy) is 4. The Morgan fingerprint density at radius 2 is 1.14 bits per heavy atom. The molecule has 0 saturated carbocycles. The van der Waals surface area contributed by atoms with Crippen molar-refractivity contribution < 1.29 is 23.3 Å². The van der Waals surface area contributed by atoms with Crippen LogP contribution in [0.1, 0.15) is 11.1 Å². The fraction of sp³-hybridized carbons (Fsp3) is 0.167. The average Bonchev–Trinajstić information content (AvgIpc) is 2.77. The molecule has 29 heavy (non-hydrogen) atoms. The van der Waals surface area contributed by atoms with E-state index in [1.165, 1.54) is 6.07 Å². The topological polar surface area (TPSA) is 36.9 Å². The molecule has 0 heterocycles. The Hall–Kier alpha value is -3.47. The molecule has 0 unspecified atom stereocenters. The van der Waals surface area contributed by atoms with Crippen LogP contribution in [-0.4, -0.2) is 28.4 Å². The van der Waals surface area contributed by atoms with Gasteiger partial charge in [-0.3, -0.25) is 0 Å². The first-order valence-electron chi connectivity index (χ1n) is 9.01. The second-order valence-corrected chi connectivity index (χ2v) is 6.25. The first kappa shape index (κ1) is 20.3. The molecule has 0 spiro atoms. The molecular formula is C24H23FO4. The molecule has 150 valence electrons. The van der Waals surface area contributed by atoms with Gasteiger partial charge in [-0.1, -0.05) is 36.4 Å². The number of hydrogen-bond donors (Lipinski definition) is 0. The number of hydrogen-bond acceptors (Lipinski definition) is 4. The third kappa shape index (κ3) is 4.51. The van der Waals surface area contributed by atoms with E-state index in [1.54, 1.807) is 46.6 Å². The van der Waals surface area contributed by atoms with Crippen LogP contribution < -0.4 is 18.9 Å². The number of methoxy groups -OCH3 is 4. The van der Waals surface area contributed by atoms with Crippen LogP contribution in [0.4, 0.5) is 4.39 Å². The second-order valence-electron chi connectivity index (χ2n) is 6.25. The van der Waals surface area contributed by atoms with Crippen molar-refractivity contribution in [2.45, 2.75) is 0 Å². The molecule has 0 saturated heterocycles. The predicted octanol–water partition coefficient (Wildman–Crippen LogP) is 5.70. The smallest absolute Gasteiger partial charge is 0.161 e. The van der Waals surface area contributed by atoms with Crippen molar-refractivity contribution in [2.24, 2.45) is 0 Å². The van der Waals surface area contributed by atoms with E-state index in [9.17, 15) is 4.39 Å². The summed E-state index contributed by atoms with van der Waals surface area (Å²) in [5, 5.41) is 0. The highest BCUT2D eigenvalue weighted by Crippen LogP contribution is 2.33. The maximum absolute atomic E-state index is 14.7. The Labute approximate surface area is 170 Å². The van der Waals surface area contributed by atoms with Gasteiger partial charge in [-0.2, -0.15) is 0 Å². The lowest BCUT2D eigenvalue weighted by Crippen LogP contribution is -1.91. The van der Waals surface area contributed by atoms with Crippen molar-refractivity contribution in [1.82, 2.24) is 0 Å². The van der Waals surface area contributed by atoms with Gasteiger partial charge in [-0.15, -0.1) is 0 Å². The molecule has 0 aromatic heterocycles. The van der Waals surface area contributed by atoms with Crippen LogP contribution in [0.15, 0.2) is 54.6 Å². The zero-order valence-electron chi connectivity index (χ0n) is 16.9. The van der Waals surface area contributed by atoms with E-state index in [1.807, 2.05) is 42.5 Å². The summed E-state index contributed by atoms with van der Waals surface area (Å²) in [4.78, 5) is 0. The molecular weight excluding hydrogens is 371 g/mol. The van der Waals surface area contributed by atoms with Crippen molar-refractivity contribution in [3.05, 3.63) is 71.5 Å². The third-order valence-corrected chi connectivity index (χ3v) is 4.58. The minimum atomic E-state index is -0.311. The van der Waals surface area contributed by atoms with E-state index in [4.69, 9.17) is 18.9 Å². The summed E-state index contributed by atoms with van der Waals surface area (Å²) in [6.45, 7) is 0. The van der Waals surface area contributed by atoms with E-state index in [-0.39, 0.29) is 5.82 Å². The molecule has 3 aromatic rings. The van der Waals surface area contributed by atoms with Gasteiger partial charge in [-0.05, 0) is 47.0 Å². The minimum Gasteiger partial charge on any atom is -0.493 e. The van der Waals surface area contributed by atoms with Crippen molar-refractivity contribution in [3.63, 3.8) is 0 Å². The van der Waals surface area contributed by atoms with E-state index in [0.29, 0.717) is 28.6 Å². The number of benzene rings is 3. The summed E-state index contributed by atoms with van der Waals surface area (Å²) in [6, 6.07) is 16.2. The van der Waals surface area contributed by atoms with Gasteiger partial charge >= 0.3 is 0 Å². The molecule has 0 amide bonds. The summed E-state index contributed by atoms with van der Waals surface area (Å²) in [5.41, 5.74) is 2.97. The minimum absolute atomic E-state index is 0.311. The lowest BCUT2D eigenvalue weighted by Gasteiger charge is -2.10. The quantitative estimate of drug-likeness (QED) is 0.482. The summed E-state index contributed by atoms with van der Waals surface area (Å²) >= 11 is 0. The highest BCUT2D eigenvalue weighted by molar-refractivity contribution is 5.74. The van der Waals surface area contributed by atoms with Gasteiger partial charge in [0.25, 0.3) is 0 Å². The molecule has 0 bridgehead atoms. The summed E-state index contributed by atoms with van der Waals surface area (Å²) in [6.07, 6.45) is 3.56. The van der Waals surface area contributed by atoms with Crippen LogP contribution in [-0.2, 0) is 0 Å². The first-order valence-corrected chi connectivity index (χ1v) is 9.01. The molecule has 0 N–H and O–H groups in total. The summed E-state index contributed by atoms with van der Waals surface area (Å²) < 4.78 is 35.8. The molecule has 5 heteroatoms. The van der Waals surface area contributed by atoms with Crippen LogP contribution in [0, 0.1) is 5.82 Å². The Morgan fingerprint density at radius 1 is 0.586 bits per heavy atom. The SMILES string of the molecule is COc1ccc(/C=C/c2ccc(-c3ccc(OC)c(OC)c3)cc2F)cc1OC. The highest BCUT2D eigenvalue weighted by Gasteiger charge is 2.08. The monoisotopic (exact) mass is 394 g/mol. The molecule has 0 radical (unpaired) electrons. The number of rotatable bonds is 7. The average molecular weight is 394 g/mol. The third-order valence-electron chi connectivity index (χ3n) is 4.58. The molecule has 3 rings (SSSR count). The molecule has 4 nitrogen and oxygen atoms in total. The van der Waals surface area contributed by atoms with Gasteiger partial charge in [-0.25, -0.2) is 4.39 Å². The predicted molar refractivity (Wildman–Crippen MR) is 113 cm³/mol. The van der Waals surface area contributed by atoms with Gasteiger partial charge < -0.3 is 18.9 Å². The Morgan fingerprint density at radius 3 is 1.76 bits per heavy atom. The van der Waals surface area contributed by atoms with Crippen molar-refractivity contribution in [2.75, 3.05) is 28.4 Å². The molecule has 0 aliphatic rings. The van der Waals surface area contributed by atoms with E-state index in [2.05, 4.69) is 0 Å². The van der Waals surface area contributed by atoms with Gasteiger partial charge in [0.05, 0.1) is 28.4 Å². The van der Waals surface area contributed by atoms with Crippen molar-refractivity contribution >= 4 is 12.2 Å². The molecule has 0 atom stereocenters. The first-order chi connectivity index (χ1) is 14.1. The molecule has 3 aromatic carbocycles. The maximum Gasteiger partial charge on any atom is 0.161 e. The van der Waals surface area contributed by atoms with Crippen LogP contribution in [0.25, 0.3) is 23.3 Å². The van der Waals surface area contributed by atoms with E-state index in [0.717, 1.165) is 16.7 Å². The second kappa shape index (κ2) is 9.15. The van der Waals surface area contributed by atoms with Gasteiger partial charge in [0.15, 0.2) is 23.0 Å². The lowest BCUT2D eigenvalue weighted by atomic mass is 10.0. The van der Waals surface area contributed by atoms with Crippen molar-refractivity contribution in [1.29, 1.82) is 0 Å². The number of halogens is 1. The molecule has 0 aliphatic carbocycles. The lowest BCUT2D eigenvalue weighted by molar-refractivity contribution is 0.355. The molecule has 0 fully saturated rings. The standard InChI is InChI=1S/C24H23FO4/c1-26-21-11-6-16(13-23(21)28-3)5-7-17-8-9-18(14-20(17)25)19-10-12-22(27-2)24(15-19)29-4/h5-15H,1-4H3/b7-5+. The van der Waals surface area contributed by atoms with Crippen LogP contribution >= 0.6 is 0 Å². The fourth-order valence-electron chi connectivity index (χ4n) is 3.00. The van der Waals surface area contributed by atoms with Crippen LogP contribution in [0.5, 0.6) is 23.0 Å². The largest absolute Gasteiger partial charge is 0.493 e. The van der Waals surface area contributed by atoms with E-state index < -0.39 is 0 Å². The highest BCUT2D eigenvalue weighted by atomic mass is 19.1.